The average Bonchev–Trinajstić information content (AvgIpc) is 2.89. The van der Waals surface area contributed by atoms with Gasteiger partial charge in [0.1, 0.15) is 0 Å². The molecule has 2 rings (SSSR count). The fraction of sp³-hybridized carbons (Fsp3) is 0.625. The number of halogens is 1. The first-order valence-corrected chi connectivity index (χ1v) is 7.63. The molecular weight excluding hydrogens is 258 g/mol. The van der Waals surface area contributed by atoms with E-state index >= 15 is 0 Å². The van der Waals surface area contributed by atoms with Crippen LogP contribution < -0.4 is 5.32 Å². The molecule has 2 unspecified atom stereocenters. The van der Waals surface area contributed by atoms with Gasteiger partial charge in [0, 0.05) is 17.7 Å². The van der Waals surface area contributed by atoms with Gasteiger partial charge in [0.2, 0.25) is 0 Å². The van der Waals surface area contributed by atoms with Crippen LogP contribution in [0.1, 0.15) is 49.3 Å². The van der Waals surface area contributed by atoms with Crippen molar-refractivity contribution in [3.05, 3.63) is 34.3 Å². The minimum atomic E-state index is 0.342. The number of aryl methyl sites for hydroxylation is 1. The molecule has 1 saturated heterocycles. The van der Waals surface area contributed by atoms with Gasteiger partial charge >= 0.3 is 0 Å². The van der Waals surface area contributed by atoms with Gasteiger partial charge in [0.25, 0.3) is 0 Å². The summed E-state index contributed by atoms with van der Waals surface area (Å²) in [4.78, 5) is 0. The molecule has 1 heterocycles. The topological polar surface area (TPSA) is 21.3 Å². The van der Waals surface area contributed by atoms with E-state index in [0.29, 0.717) is 12.1 Å². The Morgan fingerprint density at radius 3 is 2.95 bits per heavy atom. The molecule has 19 heavy (non-hydrogen) atoms. The number of ether oxygens (including phenoxy) is 1. The van der Waals surface area contributed by atoms with Crippen molar-refractivity contribution >= 4 is 11.6 Å². The molecule has 0 aliphatic carbocycles. The lowest BCUT2D eigenvalue weighted by molar-refractivity contribution is 0.101. The molecule has 2 nitrogen and oxygen atoms in total. The van der Waals surface area contributed by atoms with Gasteiger partial charge in [-0.3, -0.25) is 0 Å². The molecule has 1 aliphatic heterocycles. The largest absolute Gasteiger partial charge is 0.378 e. The molecular formula is C16H24ClNO. The maximum Gasteiger partial charge on any atom is 0.0576 e. The molecule has 0 radical (unpaired) electrons. The van der Waals surface area contributed by atoms with Gasteiger partial charge in [-0.2, -0.15) is 0 Å². The van der Waals surface area contributed by atoms with E-state index in [0.717, 1.165) is 18.1 Å². The Balaban J connectivity index is 1.88. The summed E-state index contributed by atoms with van der Waals surface area (Å²) in [6.07, 6.45) is 6.41. The van der Waals surface area contributed by atoms with Gasteiger partial charge in [-0.15, -0.1) is 0 Å². The first-order chi connectivity index (χ1) is 9.20. The summed E-state index contributed by atoms with van der Waals surface area (Å²) < 4.78 is 5.67. The van der Waals surface area contributed by atoms with Crippen LogP contribution in [0, 0.1) is 6.92 Å². The molecule has 2 atom stereocenters. The summed E-state index contributed by atoms with van der Waals surface area (Å²) in [5, 5.41) is 4.25. The molecule has 1 fully saturated rings. The molecule has 1 aromatic rings. The Hall–Kier alpha value is -0.570. The Kier molecular flexibility index (Phi) is 5.68. The van der Waals surface area contributed by atoms with E-state index in [1.165, 1.54) is 36.8 Å². The van der Waals surface area contributed by atoms with Crippen LogP contribution in [0.4, 0.5) is 0 Å². The SMILES string of the molecule is CNC(CCCC1CCCO1)c1ccc(C)cc1Cl. The molecule has 0 spiro atoms. The average molecular weight is 282 g/mol. The molecule has 0 bridgehead atoms. The summed E-state index contributed by atoms with van der Waals surface area (Å²) >= 11 is 6.34. The van der Waals surface area contributed by atoms with Crippen molar-refractivity contribution in [3.63, 3.8) is 0 Å². The summed E-state index contributed by atoms with van der Waals surface area (Å²) in [6.45, 7) is 3.02. The van der Waals surface area contributed by atoms with Gasteiger partial charge in [0.05, 0.1) is 6.10 Å². The highest BCUT2D eigenvalue weighted by molar-refractivity contribution is 6.31. The second kappa shape index (κ2) is 7.28. The highest BCUT2D eigenvalue weighted by Gasteiger charge is 2.17. The zero-order valence-electron chi connectivity index (χ0n) is 11.9. The number of hydrogen-bond donors (Lipinski definition) is 1. The van der Waals surface area contributed by atoms with E-state index in [-0.39, 0.29) is 0 Å². The van der Waals surface area contributed by atoms with Gasteiger partial charge < -0.3 is 10.1 Å². The number of rotatable bonds is 6. The minimum absolute atomic E-state index is 0.342. The van der Waals surface area contributed by atoms with Crippen molar-refractivity contribution in [2.75, 3.05) is 13.7 Å². The van der Waals surface area contributed by atoms with E-state index < -0.39 is 0 Å². The molecule has 0 aromatic heterocycles. The normalized spacial score (nSPS) is 20.7. The van der Waals surface area contributed by atoms with Crippen LogP contribution in [0.3, 0.4) is 0 Å². The molecule has 1 aromatic carbocycles. The highest BCUT2D eigenvalue weighted by atomic mass is 35.5. The van der Waals surface area contributed by atoms with Gasteiger partial charge in [-0.05, 0) is 63.3 Å². The molecule has 3 heteroatoms. The molecule has 106 valence electrons. The zero-order valence-corrected chi connectivity index (χ0v) is 12.7. The Morgan fingerprint density at radius 1 is 1.47 bits per heavy atom. The summed E-state index contributed by atoms with van der Waals surface area (Å²) in [7, 11) is 2.01. The van der Waals surface area contributed by atoms with Crippen LogP contribution >= 0.6 is 11.6 Å². The zero-order chi connectivity index (χ0) is 13.7. The molecule has 0 saturated carbocycles. The van der Waals surface area contributed by atoms with E-state index in [1.54, 1.807) is 0 Å². The van der Waals surface area contributed by atoms with Crippen LogP contribution in [-0.4, -0.2) is 19.8 Å². The Labute approximate surface area is 121 Å². The van der Waals surface area contributed by atoms with Crippen LogP contribution in [0.25, 0.3) is 0 Å². The van der Waals surface area contributed by atoms with Gasteiger partial charge in [0.15, 0.2) is 0 Å². The maximum absolute atomic E-state index is 6.34. The fourth-order valence-corrected chi connectivity index (χ4v) is 3.16. The quantitative estimate of drug-likeness (QED) is 0.841. The maximum atomic E-state index is 6.34. The van der Waals surface area contributed by atoms with Crippen molar-refractivity contribution < 1.29 is 4.74 Å². The second-order valence-corrected chi connectivity index (χ2v) is 5.84. The third kappa shape index (κ3) is 4.20. The lowest BCUT2D eigenvalue weighted by Gasteiger charge is -2.19. The van der Waals surface area contributed by atoms with Crippen molar-refractivity contribution in [1.82, 2.24) is 5.32 Å². The second-order valence-electron chi connectivity index (χ2n) is 5.43. The molecule has 1 N–H and O–H groups in total. The molecule has 0 amide bonds. The third-order valence-electron chi connectivity index (χ3n) is 3.92. The Bertz CT molecular complexity index is 402. The first kappa shape index (κ1) is 14.8. The molecule has 1 aliphatic rings. The lowest BCUT2D eigenvalue weighted by atomic mass is 9.98. The van der Waals surface area contributed by atoms with E-state index in [9.17, 15) is 0 Å². The van der Waals surface area contributed by atoms with Crippen molar-refractivity contribution in [2.24, 2.45) is 0 Å². The predicted molar refractivity (Wildman–Crippen MR) is 80.8 cm³/mol. The highest BCUT2D eigenvalue weighted by Crippen LogP contribution is 2.28. The lowest BCUT2D eigenvalue weighted by Crippen LogP contribution is -2.17. The van der Waals surface area contributed by atoms with E-state index in [1.807, 2.05) is 13.1 Å². The monoisotopic (exact) mass is 281 g/mol. The van der Waals surface area contributed by atoms with E-state index in [4.69, 9.17) is 16.3 Å². The van der Waals surface area contributed by atoms with Crippen LogP contribution in [0.2, 0.25) is 5.02 Å². The van der Waals surface area contributed by atoms with Crippen molar-refractivity contribution in [1.29, 1.82) is 0 Å². The summed E-state index contributed by atoms with van der Waals surface area (Å²) in [6, 6.07) is 6.66. The number of nitrogens with one attached hydrogen (secondary N) is 1. The number of hydrogen-bond acceptors (Lipinski definition) is 2. The summed E-state index contributed by atoms with van der Waals surface area (Å²) in [5.41, 5.74) is 2.42. The predicted octanol–water partition coefficient (Wildman–Crippen LogP) is 4.26. The van der Waals surface area contributed by atoms with E-state index in [2.05, 4.69) is 24.4 Å². The minimum Gasteiger partial charge on any atom is -0.378 e. The smallest absolute Gasteiger partial charge is 0.0576 e. The third-order valence-corrected chi connectivity index (χ3v) is 4.25. The standard InChI is InChI=1S/C16H24ClNO/c1-12-8-9-14(15(17)11-12)16(18-2)7-3-5-13-6-4-10-19-13/h8-9,11,13,16,18H,3-7,10H2,1-2H3. The Morgan fingerprint density at radius 2 is 2.32 bits per heavy atom. The van der Waals surface area contributed by atoms with Gasteiger partial charge in [-0.1, -0.05) is 23.7 Å². The van der Waals surface area contributed by atoms with Crippen molar-refractivity contribution in [3.8, 4) is 0 Å². The van der Waals surface area contributed by atoms with Crippen LogP contribution in [0.5, 0.6) is 0 Å². The summed E-state index contributed by atoms with van der Waals surface area (Å²) in [5.74, 6) is 0. The first-order valence-electron chi connectivity index (χ1n) is 7.25. The number of benzene rings is 1. The van der Waals surface area contributed by atoms with Crippen LogP contribution in [-0.2, 0) is 4.74 Å². The fourth-order valence-electron chi connectivity index (χ4n) is 2.79. The van der Waals surface area contributed by atoms with Crippen LogP contribution in [0.15, 0.2) is 18.2 Å². The van der Waals surface area contributed by atoms with Crippen molar-refractivity contribution in [2.45, 2.75) is 51.2 Å². The van der Waals surface area contributed by atoms with Gasteiger partial charge in [-0.25, -0.2) is 0 Å².